The summed E-state index contributed by atoms with van der Waals surface area (Å²) in [6.45, 7) is 0. The number of para-hydroxylation sites is 1. The van der Waals surface area contributed by atoms with Gasteiger partial charge in [-0.3, -0.25) is 0 Å². The van der Waals surface area contributed by atoms with E-state index >= 15 is 0 Å². The second-order valence-electron chi connectivity index (χ2n) is 4.44. The Hall–Kier alpha value is -1.55. The van der Waals surface area contributed by atoms with Crippen LogP contribution >= 0.6 is 22.6 Å². The highest BCUT2D eigenvalue weighted by molar-refractivity contribution is 14.1. The Bertz CT molecular complexity index is 729. The maximum Gasteiger partial charge on any atom is 0.0417 e. The third-order valence-electron chi connectivity index (χ3n) is 3.34. The molecule has 0 saturated carbocycles. The van der Waals surface area contributed by atoms with Crippen LogP contribution in [0.1, 0.15) is 0 Å². The fourth-order valence-electron chi connectivity index (χ4n) is 2.46. The van der Waals surface area contributed by atoms with E-state index in [1.165, 1.54) is 25.5 Å². The zero-order valence-corrected chi connectivity index (χ0v) is 12.8. The number of halogens is 1. The average molecular weight is 359 g/mol. The van der Waals surface area contributed by atoms with Gasteiger partial charge in [0.05, 0.1) is 0 Å². The van der Waals surface area contributed by atoms with Crippen LogP contribution in [0.2, 0.25) is 0 Å². The first-order chi connectivity index (χ1) is 9.31. The van der Waals surface area contributed by atoms with Gasteiger partial charge in [0.25, 0.3) is 0 Å². The molecule has 0 aliphatic rings. The van der Waals surface area contributed by atoms with Crippen LogP contribution in [0.3, 0.4) is 0 Å². The van der Waals surface area contributed by atoms with Crippen LogP contribution < -0.4 is 5.32 Å². The number of anilines is 1. The smallest absolute Gasteiger partial charge is 0.0417 e. The molecule has 1 N–H and O–H groups in total. The van der Waals surface area contributed by atoms with Crippen molar-refractivity contribution < 1.29 is 0 Å². The van der Waals surface area contributed by atoms with Crippen LogP contribution in [0, 0.1) is 3.57 Å². The van der Waals surface area contributed by atoms with E-state index in [9.17, 15) is 0 Å². The third kappa shape index (κ3) is 2.21. The van der Waals surface area contributed by atoms with Gasteiger partial charge in [-0.1, -0.05) is 48.5 Å². The lowest BCUT2D eigenvalue weighted by atomic mass is 9.97. The highest BCUT2D eigenvalue weighted by Crippen LogP contribution is 2.35. The zero-order valence-electron chi connectivity index (χ0n) is 10.7. The Balaban J connectivity index is 2.37. The Morgan fingerprint density at radius 3 is 2.26 bits per heavy atom. The van der Waals surface area contributed by atoms with Gasteiger partial charge in [0.2, 0.25) is 0 Å². The normalized spacial score (nSPS) is 10.6. The molecular formula is C17H14IN. The van der Waals surface area contributed by atoms with E-state index in [1.54, 1.807) is 0 Å². The number of nitrogens with one attached hydrogen (secondary N) is 1. The molecule has 0 aliphatic heterocycles. The van der Waals surface area contributed by atoms with Gasteiger partial charge in [-0.05, 0) is 45.7 Å². The lowest BCUT2D eigenvalue weighted by Gasteiger charge is -2.12. The molecule has 19 heavy (non-hydrogen) atoms. The molecule has 0 heterocycles. The van der Waals surface area contributed by atoms with Crippen molar-refractivity contribution in [1.82, 2.24) is 0 Å². The molecule has 0 unspecified atom stereocenters. The summed E-state index contributed by atoms with van der Waals surface area (Å²) in [6.07, 6.45) is 0. The van der Waals surface area contributed by atoms with E-state index in [0.717, 1.165) is 5.69 Å². The predicted octanol–water partition coefficient (Wildman–Crippen LogP) is 5.15. The summed E-state index contributed by atoms with van der Waals surface area (Å²) < 4.78 is 1.29. The first kappa shape index (κ1) is 12.5. The fourth-order valence-corrected chi connectivity index (χ4v) is 3.27. The van der Waals surface area contributed by atoms with Crippen LogP contribution in [0.15, 0.2) is 60.7 Å². The van der Waals surface area contributed by atoms with E-state index < -0.39 is 0 Å². The zero-order chi connectivity index (χ0) is 13.2. The van der Waals surface area contributed by atoms with Crippen molar-refractivity contribution in [3.63, 3.8) is 0 Å². The SMILES string of the molecule is CNc1ccccc1-c1cccc2cccc(I)c12. The number of hydrogen-bond acceptors (Lipinski definition) is 1. The van der Waals surface area contributed by atoms with Crippen molar-refractivity contribution in [2.45, 2.75) is 0 Å². The minimum Gasteiger partial charge on any atom is -0.388 e. The minimum absolute atomic E-state index is 1.16. The molecule has 0 amide bonds. The molecular weight excluding hydrogens is 345 g/mol. The summed E-state index contributed by atoms with van der Waals surface area (Å²) in [5.41, 5.74) is 3.70. The van der Waals surface area contributed by atoms with E-state index in [-0.39, 0.29) is 0 Å². The van der Waals surface area contributed by atoms with Crippen molar-refractivity contribution in [3.05, 3.63) is 64.2 Å². The first-order valence-corrected chi connectivity index (χ1v) is 7.33. The Kier molecular flexibility index (Phi) is 3.42. The molecule has 94 valence electrons. The van der Waals surface area contributed by atoms with E-state index in [4.69, 9.17) is 0 Å². The van der Waals surface area contributed by atoms with Gasteiger partial charge in [0.1, 0.15) is 0 Å². The molecule has 0 spiro atoms. The van der Waals surface area contributed by atoms with E-state index in [0.29, 0.717) is 0 Å². The number of fused-ring (bicyclic) bond motifs is 1. The molecule has 0 aromatic heterocycles. The second kappa shape index (κ2) is 5.21. The molecule has 0 aliphatic carbocycles. The first-order valence-electron chi connectivity index (χ1n) is 6.25. The van der Waals surface area contributed by atoms with Crippen LogP contribution in [-0.2, 0) is 0 Å². The number of rotatable bonds is 2. The molecule has 0 radical (unpaired) electrons. The maximum atomic E-state index is 3.28. The topological polar surface area (TPSA) is 12.0 Å². The molecule has 1 nitrogen and oxygen atoms in total. The Labute approximate surface area is 126 Å². The fraction of sp³-hybridized carbons (Fsp3) is 0.0588. The molecule has 0 fully saturated rings. The molecule has 0 saturated heterocycles. The minimum atomic E-state index is 1.16. The van der Waals surface area contributed by atoms with Crippen LogP contribution in [0.4, 0.5) is 5.69 Å². The van der Waals surface area contributed by atoms with E-state index in [2.05, 4.69) is 88.6 Å². The van der Waals surface area contributed by atoms with Gasteiger partial charge >= 0.3 is 0 Å². The molecule has 0 bridgehead atoms. The molecule has 3 rings (SSSR count). The summed E-state index contributed by atoms with van der Waals surface area (Å²) in [4.78, 5) is 0. The van der Waals surface area contributed by atoms with Gasteiger partial charge in [0.15, 0.2) is 0 Å². The van der Waals surface area contributed by atoms with Crippen molar-refractivity contribution in [2.24, 2.45) is 0 Å². The largest absolute Gasteiger partial charge is 0.388 e. The van der Waals surface area contributed by atoms with Crippen LogP contribution in [0.5, 0.6) is 0 Å². The molecule has 2 heteroatoms. The second-order valence-corrected chi connectivity index (χ2v) is 5.60. The van der Waals surface area contributed by atoms with Crippen molar-refractivity contribution in [2.75, 3.05) is 12.4 Å². The van der Waals surface area contributed by atoms with Crippen molar-refractivity contribution in [1.29, 1.82) is 0 Å². The van der Waals surface area contributed by atoms with Crippen molar-refractivity contribution in [3.8, 4) is 11.1 Å². The number of benzene rings is 3. The summed E-state index contributed by atoms with van der Waals surface area (Å²) in [6, 6.07) is 21.4. The van der Waals surface area contributed by atoms with Crippen molar-refractivity contribution >= 4 is 39.1 Å². The Morgan fingerprint density at radius 2 is 1.47 bits per heavy atom. The summed E-state index contributed by atoms with van der Waals surface area (Å²) in [7, 11) is 1.97. The van der Waals surface area contributed by atoms with Gasteiger partial charge in [0, 0.05) is 27.3 Å². The number of hydrogen-bond donors (Lipinski definition) is 1. The molecule has 0 atom stereocenters. The van der Waals surface area contributed by atoms with Gasteiger partial charge in [-0.15, -0.1) is 0 Å². The van der Waals surface area contributed by atoms with Gasteiger partial charge in [-0.25, -0.2) is 0 Å². The summed E-state index contributed by atoms with van der Waals surface area (Å²) in [5.74, 6) is 0. The predicted molar refractivity (Wildman–Crippen MR) is 91.6 cm³/mol. The lowest BCUT2D eigenvalue weighted by Crippen LogP contribution is -1.92. The third-order valence-corrected chi connectivity index (χ3v) is 4.24. The average Bonchev–Trinajstić information content (AvgIpc) is 2.47. The summed E-state index contributed by atoms with van der Waals surface area (Å²) in [5, 5.41) is 5.89. The highest BCUT2D eigenvalue weighted by Gasteiger charge is 2.09. The summed E-state index contributed by atoms with van der Waals surface area (Å²) >= 11 is 2.41. The molecule has 3 aromatic rings. The standard InChI is InChI=1S/C17H14IN/c1-19-16-11-3-2-8-13(16)14-9-4-6-12-7-5-10-15(18)17(12)14/h2-11,19H,1H3. The van der Waals surface area contributed by atoms with Crippen LogP contribution in [0.25, 0.3) is 21.9 Å². The highest BCUT2D eigenvalue weighted by atomic mass is 127. The Morgan fingerprint density at radius 1 is 0.789 bits per heavy atom. The molecule has 3 aromatic carbocycles. The monoisotopic (exact) mass is 359 g/mol. The van der Waals surface area contributed by atoms with Crippen LogP contribution in [-0.4, -0.2) is 7.05 Å². The maximum absolute atomic E-state index is 3.28. The quantitative estimate of drug-likeness (QED) is 0.624. The lowest BCUT2D eigenvalue weighted by molar-refractivity contribution is 1.51. The van der Waals surface area contributed by atoms with Gasteiger partial charge in [-0.2, -0.15) is 0 Å². The van der Waals surface area contributed by atoms with Gasteiger partial charge < -0.3 is 5.32 Å². The van der Waals surface area contributed by atoms with E-state index in [1.807, 2.05) is 7.05 Å².